The number of benzene rings is 5. The van der Waals surface area contributed by atoms with Crippen LogP contribution in [0.25, 0.3) is 21.3 Å². The fourth-order valence-electron chi connectivity index (χ4n) is 5.19. The van der Waals surface area contributed by atoms with E-state index in [0.29, 0.717) is 12.8 Å². The van der Waals surface area contributed by atoms with Crippen LogP contribution in [-0.2, 0) is 22.1 Å². The molecule has 0 unspecified atom stereocenters. The standard InChI is InChI=1S/C16H18.C8H7NS.C7H7N3.C7H8.C5H7NO2.C4H8.C4H6/c1-13-9-11-15(12-10-13)16(2,3)14-7-5-4-6-8-14;1-6-9-7-4-2-3-5-8(7)10-6;1-10-7-5-3-2-4-6(7)8-9-10;1-7-5-3-2-4-6-7;1-6-4(7)2-3-5(6)8;2*1-3-4-2/h4-12H,1-3H3;2*2-5H,1H3;2-6H,1H3;2-3H2,1H3;3H,1,4H2,2H3;1H,4H2,2H3. The Morgan fingerprint density at radius 2 is 1.17 bits per heavy atom. The Bertz CT molecular complexity index is 2250. The number of amides is 2. The van der Waals surface area contributed by atoms with Crippen LogP contribution < -0.4 is 0 Å². The number of imide groups is 1. The lowest BCUT2D eigenvalue weighted by atomic mass is 9.78. The van der Waals surface area contributed by atoms with Gasteiger partial charge in [-0.3, -0.25) is 14.5 Å². The molecule has 8 rings (SSSR count). The van der Waals surface area contributed by atoms with Crippen LogP contribution >= 0.6 is 11.3 Å². The number of terminal acetylenes is 1. The van der Waals surface area contributed by atoms with Crippen LogP contribution in [-0.4, -0.2) is 43.7 Å². The molecule has 3 heterocycles. The van der Waals surface area contributed by atoms with Crippen molar-refractivity contribution in [2.45, 2.75) is 79.6 Å². The third-order valence-electron chi connectivity index (χ3n) is 8.92. The molecule has 0 N–H and O–H groups in total. The molecule has 0 radical (unpaired) electrons. The van der Waals surface area contributed by atoms with Crippen LogP contribution in [0.2, 0.25) is 0 Å². The predicted octanol–water partition coefficient (Wildman–Crippen LogP) is 12.3. The SMILES string of the molecule is C#CCC.C=CCC.CN1C(=O)CCC1=O.Cc1ccc(C(C)(C)c2ccccc2)cc1.Cc1ccccc1.Cc1nc2ccccc2s1.Cn1nnc2ccccc21. The second kappa shape index (κ2) is 26.7. The maximum Gasteiger partial charge on any atom is 0.229 e. The van der Waals surface area contributed by atoms with Gasteiger partial charge in [0.05, 0.1) is 20.7 Å². The lowest BCUT2D eigenvalue weighted by Gasteiger charge is -2.26. The minimum Gasteiger partial charge on any atom is -0.286 e. The largest absolute Gasteiger partial charge is 0.286 e. The van der Waals surface area contributed by atoms with Gasteiger partial charge in [-0.1, -0.05) is 159 Å². The van der Waals surface area contributed by atoms with E-state index in [1.165, 1.54) is 38.9 Å². The van der Waals surface area contributed by atoms with Gasteiger partial charge in [0, 0.05) is 38.8 Å². The van der Waals surface area contributed by atoms with E-state index in [0.717, 1.165) is 34.4 Å². The first kappa shape index (κ1) is 49.0. The third-order valence-corrected chi connectivity index (χ3v) is 9.87. The van der Waals surface area contributed by atoms with Gasteiger partial charge in [0.25, 0.3) is 0 Å². The van der Waals surface area contributed by atoms with Crippen molar-refractivity contribution in [3.63, 3.8) is 0 Å². The summed E-state index contributed by atoms with van der Waals surface area (Å²) >= 11 is 1.74. The van der Waals surface area contributed by atoms with Gasteiger partial charge in [0.1, 0.15) is 5.52 Å². The van der Waals surface area contributed by atoms with Gasteiger partial charge in [0.15, 0.2) is 0 Å². The highest BCUT2D eigenvalue weighted by Gasteiger charge is 2.24. The number of aryl methyl sites for hydroxylation is 4. The summed E-state index contributed by atoms with van der Waals surface area (Å²) in [6.07, 6.45) is 9.38. The van der Waals surface area contributed by atoms with E-state index < -0.39 is 0 Å². The number of hydrogen-bond donors (Lipinski definition) is 0. The molecule has 1 aliphatic rings. The molecule has 1 fully saturated rings. The molecule has 2 amide bonds. The molecule has 0 atom stereocenters. The molecule has 0 spiro atoms. The highest BCUT2D eigenvalue weighted by atomic mass is 32.1. The van der Waals surface area contributed by atoms with Crippen molar-refractivity contribution in [3.05, 3.63) is 173 Å². The highest BCUT2D eigenvalue weighted by Crippen LogP contribution is 2.31. The summed E-state index contributed by atoms with van der Waals surface area (Å²) in [7, 11) is 3.40. The molecule has 308 valence electrons. The number of carbonyl (C=O) groups is 2. The average molecular weight is 808 g/mol. The molecule has 59 heavy (non-hydrogen) atoms. The smallest absolute Gasteiger partial charge is 0.229 e. The zero-order valence-corrected chi connectivity index (χ0v) is 37.2. The van der Waals surface area contributed by atoms with Crippen molar-refractivity contribution in [1.82, 2.24) is 24.9 Å². The highest BCUT2D eigenvalue weighted by molar-refractivity contribution is 7.18. The number of nitrogens with zero attached hydrogens (tertiary/aromatic N) is 5. The monoisotopic (exact) mass is 807 g/mol. The van der Waals surface area contributed by atoms with Gasteiger partial charge < -0.3 is 0 Å². The maximum absolute atomic E-state index is 10.5. The Labute approximate surface area is 356 Å². The fourth-order valence-corrected chi connectivity index (χ4v) is 6.01. The topological polar surface area (TPSA) is 81.0 Å². The first-order valence-corrected chi connectivity index (χ1v) is 20.6. The van der Waals surface area contributed by atoms with E-state index in [2.05, 4.69) is 135 Å². The number of aromatic nitrogens is 4. The Morgan fingerprint density at radius 1 is 0.712 bits per heavy atom. The molecular formula is C51H61N5O2S. The Hall–Kier alpha value is -6.17. The third kappa shape index (κ3) is 17.5. The molecule has 1 saturated heterocycles. The molecule has 8 heteroatoms. The summed E-state index contributed by atoms with van der Waals surface area (Å²) in [5, 5.41) is 8.93. The number of fused-ring (bicyclic) bond motifs is 2. The fraction of sp³-hybridized carbons (Fsp3) is 0.275. The zero-order valence-electron chi connectivity index (χ0n) is 36.4. The van der Waals surface area contributed by atoms with Gasteiger partial charge >= 0.3 is 0 Å². The van der Waals surface area contributed by atoms with E-state index in [1.54, 1.807) is 16.0 Å². The molecule has 0 bridgehead atoms. The van der Waals surface area contributed by atoms with E-state index >= 15 is 0 Å². The summed E-state index contributed by atoms with van der Waals surface area (Å²) in [6, 6.07) is 45.8. The lowest BCUT2D eigenvalue weighted by Crippen LogP contribution is -2.23. The Balaban J connectivity index is 0.000000249. The first-order valence-electron chi connectivity index (χ1n) is 19.8. The van der Waals surface area contributed by atoms with Gasteiger partial charge in [-0.2, -0.15) is 0 Å². The Kier molecular flexibility index (Phi) is 22.2. The van der Waals surface area contributed by atoms with Gasteiger partial charge in [-0.05, 0) is 62.6 Å². The van der Waals surface area contributed by atoms with Crippen molar-refractivity contribution < 1.29 is 9.59 Å². The van der Waals surface area contributed by atoms with E-state index in [9.17, 15) is 9.59 Å². The number of para-hydroxylation sites is 2. The summed E-state index contributed by atoms with van der Waals surface area (Å²) in [6.45, 7) is 18.3. The predicted molar refractivity (Wildman–Crippen MR) is 250 cm³/mol. The second-order valence-corrected chi connectivity index (χ2v) is 15.2. The molecule has 7 aromatic rings. The van der Waals surface area contributed by atoms with Crippen molar-refractivity contribution in [1.29, 1.82) is 0 Å². The van der Waals surface area contributed by atoms with E-state index in [1.807, 2.05) is 87.6 Å². The molecule has 0 saturated carbocycles. The normalized spacial score (nSPS) is 11.2. The van der Waals surface area contributed by atoms with Crippen molar-refractivity contribution in [3.8, 4) is 12.3 Å². The van der Waals surface area contributed by atoms with Crippen molar-refractivity contribution >= 4 is 44.4 Å². The van der Waals surface area contributed by atoms with Crippen LogP contribution in [0.3, 0.4) is 0 Å². The first-order chi connectivity index (χ1) is 28.3. The van der Waals surface area contributed by atoms with Crippen molar-refractivity contribution in [2.24, 2.45) is 7.05 Å². The number of rotatable bonds is 3. The van der Waals surface area contributed by atoms with Crippen molar-refractivity contribution in [2.75, 3.05) is 7.05 Å². The second-order valence-electron chi connectivity index (χ2n) is 14.0. The van der Waals surface area contributed by atoms with Crippen LogP contribution in [0.5, 0.6) is 0 Å². The molecular weight excluding hydrogens is 747 g/mol. The number of allylic oxidation sites excluding steroid dienone is 1. The maximum atomic E-state index is 10.5. The van der Waals surface area contributed by atoms with Crippen LogP contribution in [0, 0.1) is 33.1 Å². The summed E-state index contributed by atoms with van der Waals surface area (Å²) in [5.41, 5.74) is 8.57. The summed E-state index contributed by atoms with van der Waals surface area (Å²) < 4.78 is 3.04. The summed E-state index contributed by atoms with van der Waals surface area (Å²) in [4.78, 5) is 26.5. The number of hydrogen-bond acceptors (Lipinski definition) is 6. The minimum absolute atomic E-state index is 0.0602. The average Bonchev–Trinajstić information content (AvgIpc) is 3.94. The molecule has 1 aliphatic heterocycles. The van der Waals surface area contributed by atoms with Crippen LogP contribution in [0.4, 0.5) is 0 Å². The van der Waals surface area contributed by atoms with Gasteiger partial charge in [0.2, 0.25) is 11.8 Å². The summed E-state index contributed by atoms with van der Waals surface area (Å²) in [5.74, 6) is 2.31. The lowest BCUT2D eigenvalue weighted by molar-refractivity contribution is -0.136. The molecule has 2 aromatic heterocycles. The van der Waals surface area contributed by atoms with Crippen LogP contribution in [0.15, 0.2) is 146 Å². The van der Waals surface area contributed by atoms with Crippen LogP contribution in [0.1, 0.15) is 80.6 Å². The number of likely N-dealkylation sites (tertiary alicyclic amines) is 1. The molecule has 5 aromatic carbocycles. The Morgan fingerprint density at radius 3 is 1.61 bits per heavy atom. The quantitative estimate of drug-likeness (QED) is 0.101. The van der Waals surface area contributed by atoms with Gasteiger partial charge in [-0.15, -0.1) is 35.4 Å². The minimum atomic E-state index is -0.0602. The van der Waals surface area contributed by atoms with E-state index in [4.69, 9.17) is 6.42 Å². The zero-order chi connectivity index (χ0) is 43.6. The van der Waals surface area contributed by atoms with E-state index in [-0.39, 0.29) is 17.2 Å². The molecule has 7 nitrogen and oxygen atoms in total. The molecule has 0 aliphatic carbocycles. The number of carbonyl (C=O) groups excluding carboxylic acids is 2. The van der Waals surface area contributed by atoms with Gasteiger partial charge in [-0.25, -0.2) is 9.67 Å². The number of thiazole rings is 1.